The van der Waals surface area contributed by atoms with Gasteiger partial charge in [0, 0.05) is 6.04 Å². The van der Waals surface area contributed by atoms with Gasteiger partial charge in [0.1, 0.15) is 0 Å². The molecule has 0 aliphatic carbocycles. The van der Waals surface area contributed by atoms with E-state index < -0.39 is 0 Å². The van der Waals surface area contributed by atoms with Crippen LogP contribution in [0, 0.1) is 11.3 Å². The summed E-state index contributed by atoms with van der Waals surface area (Å²) in [5.74, 6) is 0. The fourth-order valence-corrected chi connectivity index (χ4v) is 3.87. The first-order valence-corrected chi connectivity index (χ1v) is 8.82. The summed E-state index contributed by atoms with van der Waals surface area (Å²) in [6, 6.07) is 19.6. The number of ether oxygens (including phenoxy) is 1. The van der Waals surface area contributed by atoms with Crippen molar-refractivity contribution in [2.45, 2.75) is 24.9 Å². The molecule has 0 saturated carbocycles. The van der Waals surface area contributed by atoms with Crippen molar-refractivity contribution in [1.82, 2.24) is 4.90 Å². The van der Waals surface area contributed by atoms with E-state index in [4.69, 9.17) is 4.74 Å². The molecule has 4 rings (SSSR count). The summed E-state index contributed by atoms with van der Waals surface area (Å²) in [6.45, 7) is 1.65. The molecule has 2 unspecified atom stereocenters. The van der Waals surface area contributed by atoms with E-state index in [1.165, 1.54) is 11.1 Å². The van der Waals surface area contributed by atoms with Gasteiger partial charge in [0.25, 0.3) is 0 Å². The molecule has 2 atom stereocenters. The van der Waals surface area contributed by atoms with E-state index in [0.29, 0.717) is 12.1 Å². The van der Waals surface area contributed by atoms with Crippen molar-refractivity contribution >= 4 is 0 Å². The Morgan fingerprint density at radius 3 is 2.68 bits per heavy atom. The van der Waals surface area contributed by atoms with Crippen molar-refractivity contribution in [2.24, 2.45) is 0 Å². The summed E-state index contributed by atoms with van der Waals surface area (Å²) in [6.07, 6.45) is 4.47. The highest BCUT2D eigenvalue weighted by Gasteiger charge is 2.31. The van der Waals surface area contributed by atoms with Gasteiger partial charge in [0.05, 0.1) is 30.9 Å². The zero-order valence-electron chi connectivity index (χ0n) is 14.5. The van der Waals surface area contributed by atoms with Crippen molar-refractivity contribution in [3.63, 3.8) is 0 Å². The number of fused-ring (bicyclic) bond motifs is 2. The largest absolute Gasteiger partial charge is 0.378 e. The maximum absolute atomic E-state index is 9.28. The molecule has 3 heteroatoms. The zero-order valence-corrected chi connectivity index (χ0v) is 14.5. The first kappa shape index (κ1) is 16.1. The molecule has 25 heavy (non-hydrogen) atoms. The molecule has 0 amide bonds. The molecule has 126 valence electrons. The van der Waals surface area contributed by atoms with E-state index in [2.05, 4.69) is 48.4 Å². The van der Waals surface area contributed by atoms with Crippen molar-refractivity contribution in [2.75, 3.05) is 20.3 Å². The average molecular weight is 330 g/mol. The maximum atomic E-state index is 9.28. The van der Waals surface area contributed by atoms with Crippen LogP contribution < -0.4 is 0 Å². The Labute approximate surface area is 149 Å². The monoisotopic (exact) mass is 330 g/mol. The Morgan fingerprint density at radius 2 is 1.92 bits per heavy atom. The van der Waals surface area contributed by atoms with Crippen molar-refractivity contribution in [1.29, 1.82) is 5.26 Å². The first-order chi connectivity index (χ1) is 12.2. The zero-order chi connectivity index (χ0) is 17.2. The molecule has 2 bridgehead atoms. The molecule has 0 aromatic heterocycles. The fourth-order valence-electron chi connectivity index (χ4n) is 3.87. The molecular weight excluding hydrogens is 308 g/mol. The van der Waals surface area contributed by atoms with Crippen LogP contribution in [0.1, 0.15) is 17.5 Å². The smallest absolute Gasteiger partial charge is 0.0998 e. The van der Waals surface area contributed by atoms with Gasteiger partial charge in [-0.2, -0.15) is 5.26 Å². The van der Waals surface area contributed by atoms with Gasteiger partial charge in [0.15, 0.2) is 0 Å². The van der Waals surface area contributed by atoms with Crippen LogP contribution in [0.15, 0.2) is 60.2 Å². The van der Waals surface area contributed by atoms with Gasteiger partial charge in [-0.3, -0.25) is 4.90 Å². The molecule has 0 radical (unpaired) electrons. The number of nitrogens with zero attached hydrogens (tertiary/aromatic N) is 2. The van der Waals surface area contributed by atoms with Gasteiger partial charge < -0.3 is 4.74 Å². The molecule has 2 heterocycles. The highest BCUT2D eigenvalue weighted by Crippen LogP contribution is 2.29. The Hall–Kier alpha value is -2.41. The molecular formula is C22H22N2O. The highest BCUT2D eigenvalue weighted by molar-refractivity contribution is 5.70. The number of rotatable bonds is 3. The lowest BCUT2D eigenvalue weighted by Crippen LogP contribution is -2.51. The highest BCUT2D eigenvalue weighted by atomic mass is 16.5. The van der Waals surface area contributed by atoms with Crippen LogP contribution in [0.3, 0.4) is 0 Å². The first-order valence-electron chi connectivity index (χ1n) is 8.82. The Kier molecular flexibility index (Phi) is 4.40. The van der Waals surface area contributed by atoms with E-state index in [1.807, 2.05) is 24.3 Å². The lowest BCUT2D eigenvalue weighted by molar-refractivity contribution is -0.0260. The van der Waals surface area contributed by atoms with E-state index in [1.54, 1.807) is 0 Å². The predicted molar refractivity (Wildman–Crippen MR) is 99.2 cm³/mol. The quantitative estimate of drug-likeness (QED) is 0.803. The van der Waals surface area contributed by atoms with Crippen molar-refractivity contribution in [3.8, 4) is 17.2 Å². The van der Waals surface area contributed by atoms with E-state index in [9.17, 15) is 5.26 Å². The molecule has 2 aromatic rings. The standard InChI is InChI=1S/C22H22N2O/c1-24-20-11-17(12-21(24)15-25-14-20)10-16-6-8-18(9-7-16)22-5-3-2-4-19(22)13-23/h2-9,11,20-21H,10,12,14-15H2,1H3. The third kappa shape index (κ3) is 3.24. The number of hydrogen-bond acceptors (Lipinski definition) is 3. The van der Waals surface area contributed by atoms with Crippen LogP contribution in [-0.4, -0.2) is 37.2 Å². The number of morpholine rings is 1. The van der Waals surface area contributed by atoms with Crippen molar-refractivity contribution < 1.29 is 4.74 Å². The Morgan fingerprint density at radius 1 is 1.12 bits per heavy atom. The third-order valence-electron chi connectivity index (χ3n) is 5.37. The Balaban J connectivity index is 1.53. The summed E-state index contributed by atoms with van der Waals surface area (Å²) in [5, 5.41) is 9.28. The van der Waals surface area contributed by atoms with Gasteiger partial charge in [-0.05, 0) is 42.6 Å². The second-order valence-electron chi connectivity index (χ2n) is 6.98. The van der Waals surface area contributed by atoms with Gasteiger partial charge in [-0.15, -0.1) is 0 Å². The van der Waals surface area contributed by atoms with Gasteiger partial charge in [-0.1, -0.05) is 54.1 Å². The summed E-state index contributed by atoms with van der Waals surface area (Å²) in [5.41, 5.74) is 5.67. The van der Waals surface area contributed by atoms with E-state index >= 15 is 0 Å². The predicted octanol–water partition coefficient (Wildman–Crippen LogP) is 3.80. The van der Waals surface area contributed by atoms with E-state index in [0.717, 1.165) is 42.7 Å². The van der Waals surface area contributed by atoms with Crippen molar-refractivity contribution in [3.05, 3.63) is 71.3 Å². The molecule has 3 nitrogen and oxygen atoms in total. The van der Waals surface area contributed by atoms with Crippen LogP contribution in [0.25, 0.3) is 11.1 Å². The minimum absolute atomic E-state index is 0.421. The number of nitriles is 1. The Bertz CT molecular complexity index is 832. The topological polar surface area (TPSA) is 36.3 Å². The summed E-state index contributed by atoms with van der Waals surface area (Å²) in [4.78, 5) is 2.44. The molecule has 1 fully saturated rings. The second-order valence-corrected chi connectivity index (χ2v) is 6.98. The summed E-state index contributed by atoms with van der Waals surface area (Å²) >= 11 is 0. The van der Waals surface area contributed by atoms with Gasteiger partial charge in [-0.25, -0.2) is 0 Å². The number of benzene rings is 2. The van der Waals surface area contributed by atoms with Gasteiger partial charge in [0.2, 0.25) is 0 Å². The maximum Gasteiger partial charge on any atom is 0.0998 e. The third-order valence-corrected chi connectivity index (χ3v) is 5.37. The van der Waals surface area contributed by atoms with Crippen LogP contribution in [0.2, 0.25) is 0 Å². The van der Waals surface area contributed by atoms with E-state index in [-0.39, 0.29) is 0 Å². The lowest BCUT2D eigenvalue weighted by Gasteiger charge is -2.42. The molecule has 0 spiro atoms. The SMILES string of the molecule is CN1C2C=C(Cc3ccc(-c4ccccc4C#N)cc3)CC1COC2. The summed E-state index contributed by atoms with van der Waals surface area (Å²) in [7, 11) is 2.20. The molecule has 2 aromatic carbocycles. The lowest BCUT2D eigenvalue weighted by atomic mass is 9.90. The van der Waals surface area contributed by atoms with Crippen LogP contribution in [0.5, 0.6) is 0 Å². The average Bonchev–Trinajstić information content (AvgIpc) is 2.63. The second kappa shape index (κ2) is 6.84. The molecule has 1 saturated heterocycles. The molecule has 0 N–H and O–H groups in total. The molecule has 2 aliphatic rings. The minimum atomic E-state index is 0.421. The minimum Gasteiger partial charge on any atom is -0.378 e. The number of hydrogen-bond donors (Lipinski definition) is 0. The van der Waals surface area contributed by atoms with Crippen LogP contribution in [-0.2, 0) is 11.2 Å². The number of likely N-dealkylation sites (N-methyl/N-ethyl adjacent to an activating group) is 1. The van der Waals surface area contributed by atoms with Gasteiger partial charge >= 0.3 is 0 Å². The van der Waals surface area contributed by atoms with Crippen LogP contribution >= 0.6 is 0 Å². The normalized spacial score (nSPS) is 23.0. The van der Waals surface area contributed by atoms with Crippen LogP contribution in [0.4, 0.5) is 0 Å². The summed E-state index contributed by atoms with van der Waals surface area (Å²) < 4.78 is 5.68. The molecule has 2 aliphatic heterocycles. The fraction of sp³-hybridized carbons (Fsp3) is 0.318.